The number of aromatic nitrogens is 3. The number of pyridine rings is 1. The molecule has 3 heterocycles. The van der Waals surface area contributed by atoms with Gasteiger partial charge in [-0.25, -0.2) is 4.98 Å². The van der Waals surface area contributed by atoms with Crippen LogP contribution in [0, 0.1) is 0 Å². The number of benzene rings is 2. The first-order chi connectivity index (χ1) is 14.7. The number of hydrogen-bond acceptors (Lipinski definition) is 5. The maximum atomic E-state index is 12.4. The van der Waals surface area contributed by atoms with Gasteiger partial charge in [0.15, 0.2) is 0 Å². The zero-order valence-corrected chi connectivity index (χ0v) is 16.4. The zero-order valence-electron chi connectivity index (χ0n) is 15.5. The van der Waals surface area contributed by atoms with Crippen LogP contribution in [0.15, 0.2) is 73.1 Å². The molecule has 0 saturated heterocycles. The lowest BCUT2D eigenvalue weighted by Crippen LogP contribution is -2.29. The van der Waals surface area contributed by atoms with Crippen LogP contribution in [0.2, 0.25) is 0 Å². The molecule has 0 unspecified atom stereocenters. The van der Waals surface area contributed by atoms with Crippen LogP contribution in [0.5, 0.6) is 0 Å². The van der Waals surface area contributed by atoms with Gasteiger partial charge in [-0.3, -0.25) is 14.7 Å². The van der Waals surface area contributed by atoms with E-state index < -0.39 is 11.8 Å². The van der Waals surface area contributed by atoms with Crippen LogP contribution in [0.3, 0.4) is 0 Å². The minimum atomic E-state index is -0.788. The van der Waals surface area contributed by atoms with Gasteiger partial charge in [0.2, 0.25) is 0 Å². The Hall–Kier alpha value is -4.04. The molecule has 5 rings (SSSR count). The summed E-state index contributed by atoms with van der Waals surface area (Å²) in [7, 11) is 0. The van der Waals surface area contributed by atoms with E-state index in [1.54, 1.807) is 41.8 Å². The Morgan fingerprint density at radius 3 is 2.57 bits per heavy atom. The van der Waals surface area contributed by atoms with Gasteiger partial charge in [-0.2, -0.15) is 5.10 Å². The number of nitrogens with zero attached hydrogens (tertiary/aromatic N) is 2. The summed E-state index contributed by atoms with van der Waals surface area (Å²) in [6, 6.07) is 18.9. The van der Waals surface area contributed by atoms with E-state index in [4.69, 9.17) is 0 Å². The average molecular weight is 413 g/mol. The van der Waals surface area contributed by atoms with Crippen LogP contribution in [0.1, 0.15) is 0 Å². The van der Waals surface area contributed by atoms with Crippen molar-refractivity contribution in [2.45, 2.75) is 0 Å². The van der Waals surface area contributed by atoms with Crippen LogP contribution in [0.4, 0.5) is 11.5 Å². The molecule has 2 aromatic carbocycles. The third kappa shape index (κ3) is 3.40. The van der Waals surface area contributed by atoms with E-state index in [-0.39, 0.29) is 0 Å². The molecule has 7 nitrogen and oxygen atoms in total. The second kappa shape index (κ2) is 7.41. The lowest BCUT2D eigenvalue weighted by Gasteiger charge is -2.08. The minimum Gasteiger partial charge on any atom is -0.318 e. The molecule has 0 atom stereocenters. The minimum absolute atomic E-state index is 0.314. The Balaban J connectivity index is 1.46. The number of anilines is 2. The molecular weight excluding hydrogens is 398 g/mol. The van der Waals surface area contributed by atoms with E-state index in [1.807, 2.05) is 18.2 Å². The number of carbonyl (C=O) groups is 2. The number of hydrogen-bond donors (Lipinski definition) is 3. The fraction of sp³-hybridized carbons (Fsp3) is 0. The molecule has 0 aliphatic heterocycles. The van der Waals surface area contributed by atoms with Gasteiger partial charge in [-0.05, 0) is 41.8 Å². The highest BCUT2D eigenvalue weighted by Crippen LogP contribution is 2.38. The first-order valence-electron chi connectivity index (χ1n) is 9.17. The molecule has 0 saturated carbocycles. The number of H-pyrrole nitrogens is 1. The van der Waals surface area contributed by atoms with E-state index in [2.05, 4.69) is 44.0 Å². The Labute approximate surface area is 174 Å². The topological polar surface area (TPSA) is 99.8 Å². The quantitative estimate of drug-likeness (QED) is 0.381. The summed E-state index contributed by atoms with van der Waals surface area (Å²) in [4.78, 5) is 29.7. The molecule has 0 spiro atoms. The van der Waals surface area contributed by atoms with Gasteiger partial charge in [0.05, 0.1) is 11.7 Å². The molecule has 0 aliphatic carbocycles. The monoisotopic (exact) mass is 413 g/mol. The van der Waals surface area contributed by atoms with Crippen molar-refractivity contribution in [1.82, 2.24) is 15.2 Å². The van der Waals surface area contributed by atoms with Crippen LogP contribution in [-0.4, -0.2) is 27.0 Å². The molecule has 8 heteroatoms. The number of nitrogens with one attached hydrogen (secondary N) is 3. The summed E-state index contributed by atoms with van der Waals surface area (Å²) in [5.74, 6) is -1.25. The number of carbonyl (C=O) groups excluding carboxylic acids is 2. The fourth-order valence-electron chi connectivity index (χ4n) is 3.24. The highest BCUT2D eigenvalue weighted by atomic mass is 32.1. The van der Waals surface area contributed by atoms with Crippen molar-refractivity contribution in [3.05, 3.63) is 73.1 Å². The molecule has 0 radical (unpaired) electrons. The highest BCUT2D eigenvalue weighted by Gasteiger charge is 2.17. The zero-order chi connectivity index (χ0) is 20.5. The molecule has 0 bridgehead atoms. The van der Waals surface area contributed by atoms with Crippen molar-refractivity contribution in [3.63, 3.8) is 0 Å². The Morgan fingerprint density at radius 1 is 0.900 bits per heavy atom. The van der Waals surface area contributed by atoms with Crippen molar-refractivity contribution in [3.8, 4) is 10.4 Å². The van der Waals surface area contributed by atoms with Crippen molar-refractivity contribution < 1.29 is 9.59 Å². The molecule has 3 N–H and O–H groups in total. The molecule has 2 amide bonds. The largest absolute Gasteiger partial charge is 0.318 e. The van der Waals surface area contributed by atoms with Crippen LogP contribution in [0.25, 0.3) is 31.4 Å². The van der Waals surface area contributed by atoms with Gasteiger partial charge in [-0.1, -0.05) is 24.3 Å². The van der Waals surface area contributed by atoms with E-state index in [0.29, 0.717) is 11.5 Å². The predicted molar refractivity (Wildman–Crippen MR) is 118 cm³/mol. The standard InChI is InChI=1S/C22H15N5O2S/c28-21(22(29)26-19-7-3-4-8-23-19)25-15-9-14-12-24-27-20(14)16(11-15)18-10-13-5-1-2-6-17(13)30-18/h1-12H,(H,24,27)(H,25,28)(H,23,26,29). The van der Waals surface area contributed by atoms with Crippen molar-refractivity contribution in [1.29, 1.82) is 0 Å². The van der Waals surface area contributed by atoms with E-state index in [0.717, 1.165) is 26.7 Å². The average Bonchev–Trinajstić information content (AvgIpc) is 3.40. The predicted octanol–water partition coefficient (Wildman–Crippen LogP) is 4.42. The van der Waals surface area contributed by atoms with Crippen molar-refractivity contribution >= 4 is 55.6 Å². The molecular formula is C22H15N5O2S. The van der Waals surface area contributed by atoms with Gasteiger partial charge in [0.25, 0.3) is 0 Å². The maximum Gasteiger partial charge on any atom is 0.315 e. The number of amides is 2. The number of fused-ring (bicyclic) bond motifs is 2. The molecule has 0 aliphatic rings. The molecule has 30 heavy (non-hydrogen) atoms. The summed E-state index contributed by atoms with van der Waals surface area (Å²) >= 11 is 1.66. The number of thiophene rings is 1. The van der Waals surface area contributed by atoms with E-state index in [1.165, 1.54) is 10.9 Å². The Kier molecular flexibility index (Phi) is 4.45. The van der Waals surface area contributed by atoms with Gasteiger partial charge < -0.3 is 10.6 Å². The Bertz CT molecular complexity index is 1360. The normalized spacial score (nSPS) is 10.9. The number of aromatic amines is 1. The summed E-state index contributed by atoms with van der Waals surface area (Å²) in [6.45, 7) is 0. The lowest BCUT2D eigenvalue weighted by atomic mass is 10.1. The number of rotatable bonds is 3. The molecule has 146 valence electrons. The third-order valence-corrected chi connectivity index (χ3v) is 5.76. The van der Waals surface area contributed by atoms with Gasteiger partial charge in [-0.15, -0.1) is 11.3 Å². The first kappa shape index (κ1) is 18.0. The van der Waals surface area contributed by atoms with Crippen LogP contribution < -0.4 is 10.6 Å². The molecule has 3 aromatic heterocycles. The maximum absolute atomic E-state index is 12.4. The van der Waals surface area contributed by atoms with Gasteiger partial charge in [0.1, 0.15) is 5.82 Å². The second-order valence-electron chi connectivity index (χ2n) is 6.63. The fourth-order valence-corrected chi connectivity index (χ4v) is 4.32. The van der Waals surface area contributed by atoms with Gasteiger partial charge in [0, 0.05) is 32.4 Å². The van der Waals surface area contributed by atoms with E-state index >= 15 is 0 Å². The van der Waals surface area contributed by atoms with E-state index in [9.17, 15) is 9.59 Å². The van der Waals surface area contributed by atoms with Crippen LogP contribution in [-0.2, 0) is 9.59 Å². The van der Waals surface area contributed by atoms with Gasteiger partial charge >= 0.3 is 11.8 Å². The lowest BCUT2D eigenvalue weighted by molar-refractivity contribution is -0.133. The third-order valence-electron chi connectivity index (χ3n) is 4.61. The second-order valence-corrected chi connectivity index (χ2v) is 7.71. The van der Waals surface area contributed by atoms with Crippen molar-refractivity contribution in [2.75, 3.05) is 10.6 Å². The molecule has 0 fully saturated rings. The smallest absolute Gasteiger partial charge is 0.315 e. The first-order valence-corrected chi connectivity index (χ1v) is 9.98. The van der Waals surface area contributed by atoms with Crippen molar-refractivity contribution in [2.24, 2.45) is 0 Å². The SMILES string of the molecule is O=C(Nc1cc(-c2cc3ccccc3s2)c2[nH]ncc2c1)C(=O)Nc1ccccn1. The summed E-state index contributed by atoms with van der Waals surface area (Å²) in [6.07, 6.45) is 3.23. The Morgan fingerprint density at radius 2 is 1.73 bits per heavy atom. The molecule has 5 aromatic rings. The summed E-state index contributed by atoms with van der Waals surface area (Å²) in [5.41, 5.74) is 2.29. The summed E-state index contributed by atoms with van der Waals surface area (Å²) in [5, 5.41) is 14.3. The van der Waals surface area contributed by atoms with Crippen LogP contribution >= 0.6 is 11.3 Å². The summed E-state index contributed by atoms with van der Waals surface area (Å²) < 4.78 is 1.17. The highest BCUT2D eigenvalue weighted by molar-refractivity contribution is 7.22.